The number of anilines is 1. The van der Waals surface area contributed by atoms with Crippen LogP contribution in [0.25, 0.3) is 0 Å². The molecule has 1 N–H and O–H groups in total. The van der Waals surface area contributed by atoms with E-state index in [2.05, 4.69) is 16.1 Å². The second-order valence-electron chi connectivity index (χ2n) is 4.13. The number of terminal acetylenes is 1. The Hall–Kier alpha value is -1.79. The molecule has 1 aliphatic heterocycles. The lowest BCUT2D eigenvalue weighted by molar-refractivity contribution is -0.124. The number of amides is 1. The largest absolute Gasteiger partial charge is 0.326 e. The van der Waals surface area contributed by atoms with Gasteiger partial charge in [0, 0.05) is 24.3 Å². The average molecular weight is 214 g/mol. The minimum atomic E-state index is 0.0762. The van der Waals surface area contributed by atoms with Gasteiger partial charge < -0.3 is 10.2 Å². The van der Waals surface area contributed by atoms with Gasteiger partial charge in [-0.1, -0.05) is 12.0 Å². The molecule has 82 valence electrons. The molecule has 1 amide bonds. The van der Waals surface area contributed by atoms with Gasteiger partial charge in [-0.15, -0.1) is 6.42 Å². The van der Waals surface area contributed by atoms with E-state index in [1.165, 1.54) is 0 Å². The van der Waals surface area contributed by atoms with E-state index in [0.29, 0.717) is 0 Å². The Morgan fingerprint density at radius 1 is 1.56 bits per heavy atom. The minimum Gasteiger partial charge on any atom is -0.326 e. The van der Waals surface area contributed by atoms with E-state index >= 15 is 0 Å². The van der Waals surface area contributed by atoms with Crippen molar-refractivity contribution in [2.45, 2.75) is 0 Å². The zero-order valence-corrected chi connectivity index (χ0v) is 9.23. The van der Waals surface area contributed by atoms with E-state index in [9.17, 15) is 4.79 Å². The monoisotopic (exact) mass is 214 g/mol. The Morgan fingerprint density at radius 2 is 2.31 bits per heavy atom. The van der Waals surface area contributed by atoms with Crippen molar-refractivity contribution in [3.63, 3.8) is 0 Å². The van der Waals surface area contributed by atoms with Gasteiger partial charge >= 0.3 is 0 Å². The normalized spacial score (nSPS) is 16.2. The van der Waals surface area contributed by atoms with Crippen LogP contribution < -0.4 is 5.32 Å². The highest BCUT2D eigenvalue weighted by atomic mass is 16.2. The SMILES string of the molecule is C#Cc1cccc(NC(=O)C2CN(C)C2)c1. The van der Waals surface area contributed by atoms with Crippen molar-refractivity contribution < 1.29 is 4.79 Å². The van der Waals surface area contributed by atoms with E-state index in [0.717, 1.165) is 24.3 Å². The first-order valence-electron chi connectivity index (χ1n) is 5.25. The van der Waals surface area contributed by atoms with Gasteiger partial charge in [0.2, 0.25) is 5.91 Å². The van der Waals surface area contributed by atoms with Crippen LogP contribution in [0, 0.1) is 18.3 Å². The summed E-state index contributed by atoms with van der Waals surface area (Å²) in [5, 5.41) is 2.88. The molecule has 1 aromatic rings. The lowest BCUT2D eigenvalue weighted by Gasteiger charge is -2.34. The summed E-state index contributed by atoms with van der Waals surface area (Å²) in [7, 11) is 2.00. The molecular formula is C13H14N2O. The summed E-state index contributed by atoms with van der Waals surface area (Å²) in [6.45, 7) is 1.67. The molecule has 3 nitrogen and oxygen atoms in total. The molecule has 0 aliphatic carbocycles. The van der Waals surface area contributed by atoms with Crippen molar-refractivity contribution in [1.29, 1.82) is 0 Å². The number of carbonyl (C=O) groups is 1. The van der Waals surface area contributed by atoms with Gasteiger partial charge in [0.05, 0.1) is 5.92 Å². The molecule has 1 fully saturated rings. The summed E-state index contributed by atoms with van der Waals surface area (Å²) in [5.41, 5.74) is 1.55. The molecular weight excluding hydrogens is 200 g/mol. The first-order valence-corrected chi connectivity index (χ1v) is 5.25. The standard InChI is InChI=1S/C13H14N2O/c1-3-10-5-4-6-12(7-10)14-13(16)11-8-15(2)9-11/h1,4-7,11H,8-9H2,2H3,(H,14,16). The molecule has 0 bridgehead atoms. The van der Waals surface area contributed by atoms with Crippen molar-refractivity contribution in [3.8, 4) is 12.3 Å². The number of rotatable bonds is 2. The van der Waals surface area contributed by atoms with Crippen LogP contribution in [0.5, 0.6) is 0 Å². The van der Waals surface area contributed by atoms with E-state index in [1.807, 2.05) is 25.2 Å². The van der Waals surface area contributed by atoms with Gasteiger partial charge in [-0.2, -0.15) is 0 Å². The summed E-state index contributed by atoms with van der Waals surface area (Å²) in [5.74, 6) is 2.73. The molecule has 16 heavy (non-hydrogen) atoms. The fourth-order valence-corrected chi connectivity index (χ4v) is 1.80. The van der Waals surface area contributed by atoms with Crippen LogP contribution in [-0.2, 0) is 4.79 Å². The second kappa shape index (κ2) is 4.38. The van der Waals surface area contributed by atoms with Gasteiger partial charge in [0.15, 0.2) is 0 Å². The molecule has 1 heterocycles. The second-order valence-corrected chi connectivity index (χ2v) is 4.13. The van der Waals surface area contributed by atoms with Crippen molar-refractivity contribution in [1.82, 2.24) is 4.90 Å². The third-order valence-electron chi connectivity index (χ3n) is 2.73. The van der Waals surface area contributed by atoms with Crippen molar-refractivity contribution in [3.05, 3.63) is 29.8 Å². The smallest absolute Gasteiger partial charge is 0.230 e. The molecule has 0 spiro atoms. The average Bonchev–Trinajstić information content (AvgIpc) is 2.25. The van der Waals surface area contributed by atoms with Crippen LogP contribution in [0.4, 0.5) is 5.69 Å². The first kappa shape index (κ1) is 10.7. The Bertz CT molecular complexity index is 441. The van der Waals surface area contributed by atoms with Crippen molar-refractivity contribution in [2.75, 3.05) is 25.5 Å². The molecule has 2 rings (SSSR count). The highest BCUT2D eigenvalue weighted by Crippen LogP contribution is 2.16. The van der Waals surface area contributed by atoms with Crippen LogP contribution in [0.3, 0.4) is 0 Å². The number of likely N-dealkylation sites (tertiary alicyclic amines) is 1. The molecule has 1 aliphatic rings. The molecule has 0 unspecified atom stereocenters. The predicted octanol–water partition coefficient (Wildman–Crippen LogP) is 1.17. The number of carbonyl (C=O) groups excluding carboxylic acids is 1. The summed E-state index contributed by atoms with van der Waals surface area (Å²) in [6.07, 6.45) is 5.30. The van der Waals surface area contributed by atoms with E-state index in [1.54, 1.807) is 6.07 Å². The van der Waals surface area contributed by atoms with Gasteiger partial charge in [-0.05, 0) is 25.2 Å². The lowest BCUT2D eigenvalue weighted by Crippen LogP contribution is -2.49. The van der Waals surface area contributed by atoms with Crippen LogP contribution in [-0.4, -0.2) is 30.9 Å². The molecule has 0 radical (unpaired) electrons. The zero-order chi connectivity index (χ0) is 11.5. The number of hydrogen-bond acceptors (Lipinski definition) is 2. The number of nitrogens with one attached hydrogen (secondary N) is 1. The fourth-order valence-electron chi connectivity index (χ4n) is 1.80. The number of hydrogen-bond donors (Lipinski definition) is 1. The Balaban J connectivity index is 1.98. The Labute approximate surface area is 95.5 Å². The van der Waals surface area contributed by atoms with Crippen molar-refractivity contribution >= 4 is 11.6 Å². The predicted molar refractivity (Wildman–Crippen MR) is 64.0 cm³/mol. The van der Waals surface area contributed by atoms with Gasteiger partial charge in [-0.25, -0.2) is 0 Å². The highest BCUT2D eigenvalue weighted by Gasteiger charge is 2.29. The maximum absolute atomic E-state index is 11.8. The summed E-state index contributed by atoms with van der Waals surface area (Å²) in [4.78, 5) is 13.9. The van der Waals surface area contributed by atoms with Crippen LogP contribution >= 0.6 is 0 Å². The fraction of sp³-hybridized carbons (Fsp3) is 0.308. The van der Waals surface area contributed by atoms with Crippen LogP contribution in [0.1, 0.15) is 5.56 Å². The third-order valence-corrected chi connectivity index (χ3v) is 2.73. The maximum Gasteiger partial charge on any atom is 0.230 e. The van der Waals surface area contributed by atoms with E-state index in [4.69, 9.17) is 6.42 Å². The van der Waals surface area contributed by atoms with Crippen LogP contribution in [0.2, 0.25) is 0 Å². The Kier molecular flexibility index (Phi) is 2.93. The molecule has 1 saturated heterocycles. The van der Waals surface area contributed by atoms with Gasteiger partial charge in [0.1, 0.15) is 0 Å². The molecule has 1 aromatic carbocycles. The quantitative estimate of drug-likeness (QED) is 0.749. The maximum atomic E-state index is 11.8. The Morgan fingerprint density at radius 3 is 2.94 bits per heavy atom. The van der Waals surface area contributed by atoms with E-state index in [-0.39, 0.29) is 11.8 Å². The summed E-state index contributed by atoms with van der Waals surface area (Å²) in [6, 6.07) is 7.34. The van der Waals surface area contributed by atoms with Crippen molar-refractivity contribution in [2.24, 2.45) is 5.92 Å². The van der Waals surface area contributed by atoms with E-state index < -0.39 is 0 Å². The summed E-state index contributed by atoms with van der Waals surface area (Å²) < 4.78 is 0. The summed E-state index contributed by atoms with van der Waals surface area (Å²) >= 11 is 0. The third kappa shape index (κ3) is 2.23. The number of benzene rings is 1. The molecule has 0 atom stereocenters. The first-order chi connectivity index (χ1) is 7.69. The van der Waals surface area contributed by atoms with Gasteiger partial charge in [-0.3, -0.25) is 4.79 Å². The zero-order valence-electron chi connectivity index (χ0n) is 9.23. The van der Waals surface area contributed by atoms with Crippen LogP contribution in [0.15, 0.2) is 24.3 Å². The lowest BCUT2D eigenvalue weighted by atomic mass is 10.0. The molecule has 3 heteroatoms. The molecule has 0 aromatic heterocycles. The molecule has 0 saturated carbocycles. The minimum absolute atomic E-state index is 0.0762. The highest BCUT2D eigenvalue weighted by molar-refractivity contribution is 5.93. The number of nitrogens with zero attached hydrogens (tertiary/aromatic N) is 1. The van der Waals surface area contributed by atoms with Gasteiger partial charge in [0.25, 0.3) is 0 Å². The topological polar surface area (TPSA) is 32.3 Å².